The summed E-state index contributed by atoms with van der Waals surface area (Å²) in [5.74, 6) is -0.210. The number of hydrogen-bond acceptors (Lipinski definition) is 4. The predicted octanol–water partition coefficient (Wildman–Crippen LogP) is 6.40. The smallest absolute Gasteiger partial charge is 0.325 e. The number of halogens is 1. The summed E-state index contributed by atoms with van der Waals surface area (Å²) in [7, 11) is 1.73. The van der Waals surface area contributed by atoms with Crippen LogP contribution in [0.3, 0.4) is 0 Å². The Hall–Kier alpha value is -4.36. The molecule has 1 fully saturated rings. The quantitative estimate of drug-likeness (QED) is 0.268. The Morgan fingerprint density at radius 2 is 1.58 bits per heavy atom. The van der Waals surface area contributed by atoms with E-state index in [1.165, 1.54) is 12.1 Å². The highest BCUT2D eigenvalue weighted by molar-refractivity contribution is 5.96. The molecule has 1 aliphatic heterocycles. The minimum absolute atomic E-state index is 0.0314. The van der Waals surface area contributed by atoms with Crippen molar-refractivity contribution in [1.29, 1.82) is 0 Å². The second-order valence-corrected chi connectivity index (χ2v) is 9.58. The lowest BCUT2D eigenvalue weighted by Gasteiger charge is -2.29. The Labute approximate surface area is 220 Å². The first-order valence-corrected chi connectivity index (χ1v) is 12.5. The molecule has 5 rings (SSSR count). The molecule has 7 heteroatoms. The van der Waals surface area contributed by atoms with Crippen LogP contribution in [0.5, 0.6) is 11.5 Å². The molecule has 6 nitrogen and oxygen atoms in total. The Morgan fingerprint density at radius 3 is 2.26 bits per heavy atom. The fraction of sp³-hybridized carbons (Fsp3) is 0.194. The summed E-state index contributed by atoms with van der Waals surface area (Å²) in [6, 6.07) is 26.1. The van der Waals surface area contributed by atoms with E-state index < -0.39 is 12.1 Å². The molecule has 194 valence electrons. The van der Waals surface area contributed by atoms with Crippen LogP contribution < -0.4 is 4.90 Å². The number of hydrogen-bond donors (Lipinski definition) is 3. The predicted molar refractivity (Wildman–Crippen MR) is 144 cm³/mol. The normalized spacial score (nSPS) is 18.1. The topological polar surface area (TPSA) is 84.2 Å². The van der Waals surface area contributed by atoms with Crippen molar-refractivity contribution in [2.45, 2.75) is 31.0 Å². The van der Waals surface area contributed by atoms with Gasteiger partial charge in [-0.25, -0.2) is 9.18 Å². The van der Waals surface area contributed by atoms with Gasteiger partial charge in [0.05, 0.1) is 18.2 Å². The summed E-state index contributed by atoms with van der Waals surface area (Å²) < 4.78 is 13.3. The van der Waals surface area contributed by atoms with E-state index in [0.29, 0.717) is 29.7 Å². The zero-order valence-corrected chi connectivity index (χ0v) is 20.9. The van der Waals surface area contributed by atoms with Crippen molar-refractivity contribution in [3.05, 3.63) is 114 Å². The first-order valence-electron chi connectivity index (χ1n) is 12.5. The largest absolute Gasteiger partial charge is 0.508 e. The molecule has 0 spiro atoms. The van der Waals surface area contributed by atoms with Gasteiger partial charge < -0.3 is 20.2 Å². The summed E-state index contributed by atoms with van der Waals surface area (Å²) >= 11 is 0. The van der Waals surface area contributed by atoms with Crippen LogP contribution in [-0.4, -0.2) is 39.3 Å². The minimum Gasteiger partial charge on any atom is -0.508 e. The molecule has 0 saturated carbocycles. The fourth-order valence-corrected chi connectivity index (χ4v) is 5.21. The summed E-state index contributed by atoms with van der Waals surface area (Å²) in [6.45, 7) is 0. The maximum Gasteiger partial charge on any atom is 0.325 e. The molecule has 4 aromatic rings. The van der Waals surface area contributed by atoms with Gasteiger partial charge in [-0.3, -0.25) is 4.90 Å². The molecule has 1 aliphatic rings. The first-order chi connectivity index (χ1) is 18.3. The van der Waals surface area contributed by atoms with Crippen molar-refractivity contribution in [2.24, 2.45) is 0 Å². The number of phenols is 2. The molecule has 3 N–H and O–H groups in total. The zero-order chi connectivity index (χ0) is 26.8. The number of carbonyl (C=O) groups is 1. The summed E-state index contributed by atoms with van der Waals surface area (Å²) in [4.78, 5) is 16.9. The molecule has 0 bridgehead atoms. The standard InChI is InChI=1S/C31H29FN2O4/c1-33-27(16-17-28(36)20-10-13-23(32)14-11-20)30(34(31(33)38)24-7-3-2-4-8-24)26-15-12-22(19-29(26)37)21-6-5-9-25(35)18-21/h2-15,18-19,27-28,30,35-37H,16-17H2,1H3/t27-,28?,30-/m1/s1. The van der Waals surface area contributed by atoms with Crippen LogP contribution in [0.15, 0.2) is 97.1 Å². The molecule has 1 unspecified atom stereocenters. The number of benzene rings is 4. The number of rotatable bonds is 7. The molecule has 1 heterocycles. The zero-order valence-electron chi connectivity index (χ0n) is 20.9. The van der Waals surface area contributed by atoms with Crippen molar-refractivity contribution in [3.8, 4) is 22.6 Å². The van der Waals surface area contributed by atoms with Gasteiger partial charge in [-0.2, -0.15) is 0 Å². The number of carbonyl (C=O) groups excluding carboxylic acids is 1. The Morgan fingerprint density at radius 1 is 0.868 bits per heavy atom. The van der Waals surface area contributed by atoms with Crippen molar-refractivity contribution in [3.63, 3.8) is 0 Å². The molecule has 4 aromatic carbocycles. The van der Waals surface area contributed by atoms with Crippen LogP contribution >= 0.6 is 0 Å². The third-order valence-electron chi connectivity index (χ3n) is 7.20. The molecule has 38 heavy (non-hydrogen) atoms. The number of aromatic hydroxyl groups is 2. The number of para-hydroxylation sites is 1. The summed E-state index contributed by atoms with van der Waals surface area (Å²) in [5.41, 5.74) is 3.37. The van der Waals surface area contributed by atoms with Gasteiger partial charge in [-0.05, 0) is 72.0 Å². The van der Waals surface area contributed by atoms with E-state index in [1.54, 1.807) is 53.2 Å². The van der Waals surface area contributed by atoms with Gasteiger partial charge in [-0.1, -0.05) is 54.6 Å². The number of nitrogens with zero attached hydrogens (tertiary/aromatic N) is 2. The van der Waals surface area contributed by atoms with E-state index in [1.807, 2.05) is 48.5 Å². The van der Waals surface area contributed by atoms with Crippen LogP contribution in [0.25, 0.3) is 11.1 Å². The maximum absolute atomic E-state index is 13.5. The molecule has 3 atom stereocenters. The number of aliphatic hydroxyl groups is 1. The molecule has 2 amide bonds. The highest BCUT2D eigenvalue weighted by Crippen LogP contribution is 2.44. The van der Waals surface area contributed by atoms with Gasteiger partial charge in [0.25, 0.3) is 0 Å². The third-order valence-corrected chi connectivity index (χ3v) is 7.20. The molecule has 1 saturated heterocycles. The Bertz CT molecular complexity index is 1430. The molecule has 0 aliphatic carbocycles. The van der Waals surface area contributed by atoms with Gasteiger partial charge in [-0.15, -0.1) is 0 Å². The molecule has 0 aromatic heterocycles. The van der Waals surface area contributed by atoms with Crippen molar-refractivity contribution in [2.75, 3.05) is 11.9 Å². The lowest BCUT2D eigenvalue weighted by atomic mass is 9.91. The molecular weight excluding hydrogens is 483 g/mol. The second kappa shape index (κ2) is 10.6. The van der Waals surface area contributed by atoms with E-state index >= 15 is 0 Å². The van der Waals surface area contributed by atoms with E-state index in [0.717, 1.165) is 11.1 Å². The van der Waals surface area contributed by atoms with E-state index in [2.05, 4.69) is 0 Å². The highest BCUT2D eigenvalue weighted by atomic mass is 19.1. The van der Waals surface area contributed by atoms with Crippen molar-refractivity contribution < 1.29 is 24.5 Å². The number of likely N-dealkylation sites (N-methyl/N-ethyl adjacent to an activating group) is 1. The lowest BCUT2D eigenvalue weighted by molar-refractivity contribution is 0.148. The van der Waals surface area contributed by atoms with Gasteiger partial charge in [0.15, 0.2) is 0 Å². The van der Waals surface area contributed by atoms with Gasteiger partial charge in [0.1, 0.15) is 17.3 Å². The van der Waals surface area contributed by atoms with E-state index in [4.69, 9.17) is 0 Å². The summed E-state index contributed by atoms with van der Waals surface area (Å²) in [5, 5.41) is 31.9. The lowest BCUT2D eigenvalue weighted by Crippen LogP contribution is -2.31. The Balaban J connectivity index is 1.50. The van der Waals surface area contributed by atoms with Crippen molar-refractivity contribution >= 4 is 11.7 Å². The molecule has 0 radical (unpaired) electrons. The van der Waals surface area contributed by atoms with Crippen LogP contribution in [0.1, 0.15) is 36.1 Å². The molecular formula is C31H29FN2O4. The van der Waals surface area contributed by atoms with Crippen LogP contribution in [0, 0.1) is 5.82 Å². The number of urea groups is 1. The average Bonchev–Trinajstić information content (AvgIpc) is 3.17. The van der Waals surface area contributed by atoms with Gasteiger partial charge >= 0.3 is 6.03 Å². The van der Waals surface area contributed by atoms with Crippen molar-refractivity contribution in [1.82, 2.24) is 4.90 Å². The first kappa shape index (κ1) is 25.3. The SMILES string of the molecule is CN1C(=O)N(c2ccccc2)[C@H](c2ccc(-c3cccc(O)c3)cc2O)[C@H]1CCC(O)c1ccc(F)cc1. The van der Waals surface area contributed by atoms with Crippen LogP contribution in [-0.2, 0) is 0 Å². The van der Waals surface area contributed by atoms with E-state index in [-0.39, 0.29) is 29.4 Å². The summed E-state index contributed by atoms with van der Waals surface area (Å²) in [6.07, 6.45) is -0.0372. The van der Waals surface area contributed by atoms with Crippen LogP contribution in [0.2, 0.25) is 0 Å². The van der Waals surface area contributed by atoms with E-state index in [9.17, 15) is 24.5 Å². The average molecular weight is 513 g/mol. The maximum atomic E-state index is 13.5. The monoisotopic (exact) mass is 512 g/mol. The third kappa shape index (κ3) is 4.93. The number of amides is 2. The fourth-order valence-electron chi connectivity index (χ4n) is 5.21. The number of anilines is 1. The highest BCUT2D eigenvalue weighted by Gasteiger charge is 2.46. The number of phenolic OH excluding ortho intramolecular Hbond substituents is 2. The van der Waals surface area contributed by atoms with Gasteiger partial charge in [0.2, 0.25) is 0 Å². The minimum atomic E-state index is -0.827. The van der Waals surface area contributed by atoms with Crippen LogP contribution in [0.4, 0.5) is 14.9 Å². The number of aliphatic hydroxyl groups excluding tert-OH is 1. The Kier molecular flexibility index (Phi) is 7.03. The second-order valence-electron chi connectivity index (χ2n) is 9.58. The van der Waals surface area contributed by atoms with Gasteiger partial charge in [0, 0.05) is 18.3 Å².